The summed E-state index contributed by atoms with van der Waals surface area (Å²) in [6.45, 7) is 1.38. The summed E-state index contributed by atoms with van der Waals surface area (Å²) in [7, 11) is 3.94. The minimum absolute atomic E-state index is 0.105. The van der Waals surface area contributed by atoms with Crippen LogP contribution in [0.3, 0.4) is 0 Å². The van der Waals surface area contributed by atoms with E-state index in [2.05, 4.69) is 20.6 Å². The summed E-state index contributed by atoms with van der Waals surface area (Å²) in [5.41, 5.74) is 2.97. The summed E-state index contributed by atoms with van der Waals surface area (Å²) in [5, 5.41) is 6.79. The zero-order valence-electron chi connectivity index (χ0n) is 15.8. The predicted octanol–water partition coefficient (Wildman–Crippen LogP) is 3.83. The molecule has 0 aliphatic carbocycles. The monoisotopic (exact) mass is 395 g/mol. The molecule has 0 bridgehead atoms. The molecule has 0 fully saturated rings. The molecule has 0 unspecified atom stereocenters. The maximum Gasteiger partial charge on any atom is 0.251 e. The van der Waals surface area contributed by atoms with Crippen molar-refractivity contribution in [2.45, 2.75) is 0 Å². The van der Waals surface area contributed by atoms with E-state index in [-0.39, 0.29) is 5.91 Å². The van der Waals surface area contributed by atoms with Crippen LogP contribution in [-0.2, 0) is 0 Å². The molecule has 1 aromatic heterocycles. The SMILES string of the molecule is CN(C)CCNC(=O)c1cccc(-c2cncc(Nc3ccc(Cl)cc3)n2)c1. The molecule has 1 amide bonds. The summed E-state index contributed by atoms with van der Waals surface area (Å²) in [6, 6.07) is 14.7. The van der Waals surface area contributed by atoms with Gasteiger partial charge in [0, 0.05) is 34.9 Å². The smallest absolute Gasteiger partial charge is 0.251 e. The van der Waals surface area contributed by atoms with Crippen LogP contribution in [0.1, 0.15) is 10.4 Å². The molecule has 0 radical (unpaired) electrons. The van der Waals surface area contributed by atoms with E-state index < -0.39 is 0 Å². The Morgan fingerprint density at radius 2 is 1.89 bits per heavy atom. The maximum absolute atomic E-state index is 12.4. The molecule has 3 aromatic rings. The van der Waals surface area contributed by atoms with Crippen LogP contribution in [0, 0.1) is 0 Å². The number of hydrogen-bond donors (Lipinski definition) is 2. The molecule has 0 aliphatic rings. The number of anilines is 2. The van der Waals surface area contributed by atoms with Gasteiger partial charge in [0.15, 0.2) is 0 Å². The van der Waals surface area contributed by atoms with Crippen molar-refractivity contribution < 1.29 is 4.79 Å². The highest BCUT2D eigenvalue weighted by Gasteiger charge is 2.09. The molecule has 0 aliphatic heterocycles. The van der Waals surface area contributed by atoms with Crippen molar-refractivity contribution in [3.63, 3.8) is 0 Å². The number of carbonyl (C=O) groups is 1. The van der Waals surface area contributed by atoms with Gasteiger partial charge < -0.3 is 15.5 Å². The Balaban J connectivity index is 1.74. The number of amides is 1. The highest BCUT2D eigenvalue weighted by Crippen LogP contribution is 2.22. The van der Waals surface area contributed by atoms with Gasteiger partial charge in [-0.1, -0.05) is 23.7 Å². The number of nitrogens with zero attached hydrogens (tertiary/aromatic N) is 3. The van der Waals surface area contributed by atoms with Gasteiger partial charge in [-0.05, 0) is 50.5 Å². The Bertz CT molecular complexity index is 944. The van der Waals surface area contributed by atoms with Gasteiger partial charge in [0.1, 0.15) is 5.82 Å². The van der Waals surface area contributed by atoms with Gasteiger partial charge in [0.2, 0.25) is 0 Å². The molecule has 0 saturated carbocycles. The van der Waals surface area contributed by atoms with E-state index in [0.29, 0.717) is 28.6 Å². The number of rotatable bonds is 7. The zero-order valence-corrected chi connectivity index (χ0v) is 16.6. The average molecular weight is 396 g/mol. The van der Waals surface area contributed by atoms with Crippen molar-refractivity contribution in [1.82, 2.24) is 20.2 Å². The van der Waals surface area contributed by atoms with Crippen LogP contribution in [0.15, 0.2) is 60.9 Å². The van der Waals surface area contributed by atoms with Crippen molar-refractivity contribution in [3.8, 4) is 11.3 Å². The van der Waals surface area contributed by atoms with Crippen molar-refractivity contribution in [2.75, 3.05) is 32.5 Å². The summed E-state index contributed by atoms with van der Waals surface area (Å²) >= 11 is 5.92. The summed E-state index contributed by atoms with van der Waals surface area (Å²) in [4.78, 5) is 23.2. The minimum atomic E-state index is -0.105. The van der Waals surface area contributed by atoms with Crippen LogP contribution in [0.2, 0.25) is 5.02 Å². The molecule has 7 heteroatoms. The van der Waals surface area contributed by atoms with Crippen molar-refractivity contribution in [2.24, 2.45) is 0 Å². The van der Waals surface area contributed by atoms with E-state index in [9.17, 15) is 4.79 Å². The van der Waals surface area contributed by atoms with Gasteiger partial charge in [0.05, 0.1) is 18.1 Å². The van der Waals surface area contributed by atoms with Crippen LogP contribution in [-0.4, -0.2) is 48.0 Å². The van der Waals surface area contributed by atoms with Crippen molar-refractivity contribution in [1.29, 1.82) is 0 Å². The second-order valence-electron chi connectivity index (χ2n) is 6.56. The fourth-order valence-electron chi connectivity index (χ4n) is 2.56. The number of aromatic nitrogens is 2. The standard InChI is InChI=1S/C21H22ClN5O/c1-27(2)11-10-24-21(28)16-5-3-4-15(12-16)19-13-23-14-20(26-19)25-18-8-6-17(22)7-9-18/h3-9,12-14H,10-11H2,1-2H3,(H,24,28)(H,25,26). The normalized spacial score (nSPS) is 10.7. The van der Waals surface area contributed by atoms with Crippen molar-refractivity contribution >= 4 is 29.0 Å². The minimum Gasteiger partial charge on any atom is -0.351 e. The third-order valence-electron chi connectivity index (χ3n) is 4.02. The first-order chi connectivity index (χ1) is 13.5. The fraction of sp³-hybridized carbons (Fsp3) is 0.190. The second kappa shape index (κ2) is 9.30. The van der Waals surface area contributed by atoms with Gasteiger partial charge in [-0.2, -0.15) is 0 Å². The fourth-order valence-corrected chi connectivity index (χ4v) is 2.69. The third-order valence-corrected chi connectivity index (χ3v) is 4.27. The molecule has 144 valence electrons. The highest BCUT2D eigenvalue weighted by atomic mass is 35.5. The van der Waals surface area contributed by atoms with Crippen LogP contribution >= 0.6 is 11.6 Å². The molecule has 2 N–H and O–H groups in total. The Morgan fingerprint density at radius 1 is 1.11 bits per heavy atom. The molecule has 0 atom stereocenters. The Morgan fingerprint density at radius 3 is 2.64 bits per heavy atom. The first kappa shape index (κ1) is 19.8. The molecule has 2 aromatic carbocycles. The molecular formula is C21H22ClN5O. The number of hydrogen-bond acceptors (Lipinski definition) is 5. The molecule has 28 heavy (non-hydrogen) atoms. The number of nitrogens with one attached hydrogen (secondary N) is 2. The lowest BCUT2D eigenvalue weighted by atomic mass is 10.1. The molecular weight excluding hydrogens is 374 g/mol. The van der Waals surface area contributed by atoms with E-state index in [1.54, 1.807) is 30.6 Å². The quantitative estimate of drug-likeness (QED) is 0.636. The van der Waals surface area contributed by atoms with E-state index in [4.69, 9.17) is 11.6 Å². The first-order valence-electron chi connectivity index (χ1n) is 8.89. The number of halogens is 1. The molecule has 6 nitrogen and oxygen atoms in total. The first-order valence-corrected chi connectivity index (χ1v) is 9.27. The number of benzene rings is 2. The molecule has 1 heterocycles. The third kappa shape index (κ3) is 5.52. The second-order valence-corrected chi connectivity index (χ2v) is 7.00. The van der Waals surface area contributed by atoms with Gasteiger partial charge in [-0.15, -0.1) is 0 Å². The lowest BCUT2D eigenvalue weighted by Crippen LogP contribution is -2.31. The zero-order chi connectivity index (χ0) is 19.9. The Labute approximate surface area is 169 Å². The molecule has 3 rings (SSSR count). The Kier molecular flexibility index (Phi) is 6.57. The Hall–Kier alpha value is -2.96. The average Bonchev–Trinajstić information content (AvgIpc) is 2.70. The van der Waals surface area contributed by atoms with E-state index in [1.807, 2.05) is 49.3 Å². The number of likely N-dealkylation sites (N-methyl/N-ethyl adjacent to an activating group) is 1. The van der Waals surface area contributed by atoms with Gasteiger partial charge in [-0.3, -0.25) is 9.78 Å². The lowest BCUT2D eigenvalue weighted by Gasteiger charge is -2.11. The topological polar surface area (TPSA) is 70.2 Å². The van der Waals surface area contributed by atoms with Crippen LogP contribution in [0.25, 0.3) is 11.3 Å². The van der Waals surface area contributed by atoms with Crippen LogP contribution in [0.5, 0.6) is 0 Å². The van der Waals surface area contributed by atoms with Gasteiger partial charge >= 0.3 is 0 Å². The van der Waals surface area contributed by atoms with E-state index >= 15 is 0 Å². The van der Waals surface area contributed by atoms with E-state index in [0.717, 1.165) is 17.8 Å². The summed E-state index contributed by atoms with van der Waals surface area (Å²) < 4.78 is 0. The van der Waals surface area contributed by atoms with Crippen LogP contribution < -0.4 is 10.6 Å². The maximum atomic E-state index is 12.4. The van der Waals surface area contributed by atoms with Gasteiger partial charge in [0.25, 0.3) is 5.91 Å². The van der Waals surface area contributed by atoms with Crippen LogP contribution in [0.4, 0.5) is 11.5 Å². The number of carbonyl (C=O) groups excluding carboxylic acids is 1. The van der Waals surface area contributed by atoms with Crippen molar-refractivity contribution in [3.05, 3.63) is 71.5 Å². The summed E-state index contributed by atoms with van der Waals surface area (Å²) in [5.74, 6) is 0.507. The molecule has 0 saturated heterocycles. The predicted molar refractivity (Wildman–Crippen MR) is 113 cm³/mol. The van der Waals surface area contributed by atoms with Gasteiger partial charge in [-0.25, -0.2) is 4.98 Å². The highest BCUT2D eigenvalue weighted by molar-refractivity contribution is 6.30. The summed E-state index contributed by atoms with van der Waals surface area (Å²) in [6.07, 6.45) is 3.33. The lowest BCUT2D eigenvalue weighted by molar-refractivity contribution is 0.0951. The van der Waals surface area contributed by atoms with E-state index in [1.165, 1.54) is 0 Å². The molecule has 0 spiro atoms. The largest absolute Gasteiger partial charge is 0.351 e.